The third kappa shape index (κ3) is 4.44. The van der Waals surface area contributed by atoms with Gasteiger partial charge in [-0.15, -0.1) is 11.6 Å². The van der Waals surface area contributed by atoms with E-state index < -0.39 is 5.97 Å². The fourth-order valence-corrected chi connectivity index (χ4v) is 1.65. The molecule has 0 N–H and O–H groups in total. The molecule has 1 aromatic carbocycles. The van der Waals surface area contributed by atoms with Crippen LogP contribution in [0.15, 0.2) is 24.3 Å². The fraction of sp³-hybridized carbons (Fsp3) is 0.385. The number of amides is 1. The number of rotatable bonds is 6. The van der Waals surface area contributed by atoms with Gasteiger partial charge in [0.25, 0.3) is 0 Å². The van der Waals surface area contributed by atoms with Gasteiger partial charge in [-0.25, -0.2) is 0 Å². The number of esters is 1. The van der Waals surface area contributed by atoms with Crippen molar-refractivity contribution in [2.45, 2.75) is 6.92 Å². The van der Waals surface area contributed by atoms with E-state index in [1.807, 2.05) is 0 Å². The summed E-state index contributed by atoms with van der Waals surface area (Å²) in [5.74, 6) is -0.475. The highest BCUT2D eigenvalue weighted by atomic mass is 35.5. The van der Waals surface area contributed by atoms with Gasteiger partial charge in [-0.1, -0.05) is 6.07 Å². The molecule has 0 atom stereocenters. The van der Waals surface area contributed by atoms with Crippen LogP contribution in [0.2, 0.25) is 0 Å². The van der Waals surface area contributed by atoms with Crippen molar-refractivity contribution in [3.63, 3.8) is 0 Å². The quantitative estimate of drug-likeness (QED) is 0.591. The number of benzene rings is 1. The first-order chi connectivity index (χ1) is 9.12. The molecule has 0 aliphatic rings. The number of methoxy groups -OCH3 is 1. The van der Waals surface area contributed by atoms with Gasteiger partial charge in [-0.05, 0) is 19.1 Å². The van der Waals surface area contributed by atoms with E-state index in [9.17, 15) is 9.59 Å². The number of anilines is 1. The van der Waals surface area contributed by atoms with Gasteiger partial charge in [-0.3, -0.25) is 9.59 Å². The van der Waals surface area contributed by atoms with Crippen molar-refractivity contribution in [2.24, 2.45) is 0 Å². The molecule has 0 aromatic heterocycles. The highest BCUT2D eigenvalue weighted by Crippen LogP contribution is 2.21. The molecular formula is C13H16ClNO4. The van der Waals surface area contributed by atoms with E-state index in [0.717, 1.165) is 0 Å². The number of carbonyl (C=O) groups is 2. The lowest BCUT2D eigenvalue weighted by Crippen LogP contribution is -2.37. The van der Waals surface area contributed by atoms with Crippen molar-refractivity contribution < 1.29 is 19.1 Å². The number of ether oxygens (including phenoxy) is 2. The second kappa shape index (κ2) is 7.63. The van der Waals surface area contributed by atoms with Crippen LogP contribution in [0.4, 0.5) is 5.69 Å². The van der Waals surface area contributed by atoms with Gasteiger partial charge in [0, 0.05) is 11.8 Å². The number of nitrogens with zero attached hydrogens (tertiary/aromatic N) is 1. The lowest BCUT2D eigenvalue weighted by molar-refractivity contribution is -0.142. The van der Waals surface area contributed by atoms with Crippen LogP contribution < -0.4 is 9.64 Å². The monoisotopic (exact) mass is 285 g/mol. The zero-order valence-corrected chi connectivity index (χ0v) is 11.6. The summed E-state index contributed by atoms with van der Waals surface area (Å²) in [5.41, 5.74) is 0.540. The molecular weight excluding hydrogens is 270 g/mol. The summed E-state index contributed by atoms with van der Waals surface area (Å²) in [6, 6.07) is 6.83. The second-order valence-corrected chi connectivity index (χ2v) is 3.89. The second-order valence-electron chi connectivity index (χ2n) is 3.62. The first kappa shape index (κ1) is 15.3. The fourth-order valence-electron chi connectivity index (χ4n) is 1.51. The van der Waals surface area contributed by atoms with E-state index in [4.69, 9.17) is 21.1 Å². The Bertz CT molecular complexity index is 450. The highest BCUT2D eigenvalue weighted by molar-refractivity contribution is 6.29. The van der Waals surface area contributed by atoms with Crippen LogP contribution in [0.3, 0.4) is 0 Å². The lowest BCUT2D eigenvalue weighted by Gasteiger charge is -2.21. The molecule has 5 nitrogen and oxygen atoms in total. The molecule has 0 radical (unpaired) electrons. The van der Waals surface area contributed by atoms with E-state index >= 15 is 0 Å². The maximum absolute atomic E-state index is 11.8. The predicted octanol–water partition coefficient (Wildman–Crippen LogP) is 1.83. The molecule has 0 saturated carbocycles. The molecule has 1 aromatic rings. The maximum Gasteiger partial charge on any atom is 0.326 e. The van der Waals surface area contributed by atoms with Crippen LogP contribution in [-0.2, 0) is 14.3 Å². The number of hydrogen-bond donors (Lipinski definition) is 0. The van der Waals surface area contributed by atoms with Gasteiger partial charge in [0.1, 0.15) is 18.2 Å². The minimum absolute atomic E-state index is 0.174. The van der Waals surface area contributed by atoms with Crippen molar-refractivity contribution in [2.75, 3.05) is 31.0 Å². The smallest absolute Gasteiger partial charge is 0.326 e. The van der Waals surface area contributed by atoms with Gasteiger partial charge in [0.15, 0.2) is 0 Å². The Kier molecular flexibility index (Phi) is 6.15. The molecule has 6 heteroatoms. The minimum Gasteiger partial charge on any atom is -0.497 e. The topological polar surface area (TPSA) is 55.8 Å². The van der Waals surface area contributed by atoms with Crippen molar-refractivity contribution in [1.29, 1.82) is 0 Å². The number of halogens is 1. The standard InChI is InChI=1S/C13H16ClNO4/c1-3-19-13(17)9-15(12(16)8-14)10-5-4-6-11(7-10)18-2/h4-7H,3,8-9H2,1-2H3. The van der Waals surface area contributed by atoms with Gasteiger partial charge in [0.05, 0.1) is 13.7 Å². The summed E-state index contributed by atoms with van der Waals surface area (Å²) in [7, 11) is 1.53. The highest BCUT2D eigenvalue weighted by Gasteiger charge is 2.19. The number of hydrogen-bond acceptors (Lipinski definition) is 4. The molecule has 1 rings (SSSR count). The molecule has 0 fully saturated rings. The normalized spacial score (nSPS) is 9.84. The SMILES string of the molecule is CCOC(=O)CN(C(=O)CCl)c1cccc(OC)c1. The van der Waals surface area contributed by atoms with E-state index in [0.29, 0.717) is 11.4 Å². The molecule has 0 unspecified atom stereocenters. The Morgan fingerprint density at radius 1 is 1.37 bits per heavy atom. The largest absolute Gasteiger partial charge is 0.497 e. The van der Waals surface area contributed by atoms with Crippen LogP contribution in [0.25, 0.3) is 0 Å². The first-order valence-corrected chi connectivity index (χ1v) is 6.31. The summed E-state index contributed by atoms with van der Waals surface area (Å²) < 4.78 is 9.92. The molecule has 0 heterocycles. The Balaban J connectivity index is 2.95. The Morgan fingerprint density at radius 2 is 2.11 bits per heavy atom. The van der Waals surface area contributed by atoms with Gasteiger partial charge in [-0.2, -0.15) is 0 Å². The molecule has 0 bridgehead atoms. The Morgan fingerprint density at radius 3 is 2.68 bits per heavy atom. The lowest BCUT2D eigenvalue weighted by atomic mass is 10.2. The molecule has 0 spiro atoms. The third-order valence-electron chi connectivity index (χ3n) is 2.37. The Hall–Kier alpha value is -1.75. The maximum atomic E-state index is 11.8. The van der Waals surface area contributed by atoms with Crippen LogP contribution in [0.1, 0.15) is 6.92 Å². The Labute approximate surface area is 117 Å². The van der Waals surface area contributed by atoms with Crippen LogP contribution >= 0.6 is 11.6 Å². The number of alkyl halides is 1. The first-order valence-electron chi connectivity index (χ1n) is 5.78. The van der Waals surface area contributed by atoms with Gasteiger partial charge in [0.2, 0.25) is 5.91 Å². The van der Waals surface area contributed by atoms with Crippen molar-refractivity contribution in [3.8, 4) is 5.75 Å². The summed E-state index contributed by atoms with van der Waals surface area (Å²) in [4.78, 5) is 24.6. The molecule has 19 heavy (non-hydrogen) atoms. The van der Waals surface area contributed by atoms with E-state index in [1.165, 1.54) is 12.0 Å². The van der Waals surface area contributed by atoms with E-state index in [1.54, 1.807) is 31.2 Å². The van der Waals surface area contributed by atoms with Crippen molar-refractivity contribution in [3.05, 3.63) is 24.3 Å². The summed E-state index contributed by atoms with van der Waals surface area (Å²) in [6.07, 6.45) is 0. The van der Waals surface area contributed by atoms with Crippen LogP contribution in [0, 0.1) is 0 Å². The van der Waals surface area contributed by atoms with E-state index in [2.05, 4.69) is 0 Å². The van der Waals surface area contributed by atoms with Crippen molar-refractivity contribution in [1.82, 2.24) is 0 Å². The number of carbonyl (C=O) groups excluding carboxylic acids is 2. The minimum atomic E-state index is -0.483. The van der Waals surface area contributed by atoms with Gasteiger partial charge < -0.3 is 14.4 Å². The molecule has 0 aliphatic carbocycles. The molecule has 0 aliphatic heterocycles. The molecule has 104 valence electrons. The molecule has 0 saturated heterocycles. The van der Waals surface area contributed by atoms with Crippen LogP contribution in [0.5, 0.6) is 5.75 Å². The zero-order chi connectivity index (χ0) is 14.3. The predicted molar refractivity (Wildman–Crippen MR) is 72.7 cm³/mol. The summed E-state index contributed by atoms with van der Waals surface area (Å²) >= 11 is 5.56. The van der Waals surface area contributed by atoms with Crippen LogP contribution in [-0.4, -0.2) is 38.0 Å². The summed E-state index contributed by atoms with van der Waals surface area (Å²) in [6.45, 7) is 1.80. The average molecular weight is 286 g/mol. The van der Waals surface area contributed by atoms with E-state index in [-0.39, 0.29) is 24.9 Å². The van der Waals surface area contributed by atoms with Crippen molar-refractivity contribution >= 4 is 29.2 Å². The van der Waals surface area contributed by atoms with Gasteiger partial charge >= 0.3 is 5.97 Å². The molecule has 1 amide bonds. The summed E-state index contributed by atoms with van der Waals surface area (Å²) in [5, 5.41) is 0. The third-order valence-corrected chi connectivity index (χ3v) is 2.60. The average Bonchev–Trinajstić information content (AvgIpc) is 2.44. The zero-order valence-electron chi connectivity index (χ0n) is 10.9.